The molecule has 2 heterocycles. The van der Waals surface area contributed by atoms with E-state index in [0.29, 0.717) is 22.2 Å². The molecule has 10 heteroatoms. The number of anilines is 2. The number of nitrogens with zero attached hydrogens (tertiary/aromatic N) is 2. The van der Waals surface area contributed by atoms with Crippen LogP contribution in [0.3, 0.4) is 0 Å². The van der Waals surface area contributed by atoms with Crippen molar-refractivity contribution in [3.63, 3.8) is 0 Å². The molecule has 0 saturated carbocycles. The molecule has 0 unspecified atom stereocenters. The van der Waals surface area contributed by atoms with Gasteiger partial charge in [0, 0.05) is 43.5 Å². The molecule has 148 valence electrons. The van der Waals surface area contributed by atoms with E-state index in [9.17, 15) is 9.59 Å². The minimum atomic E-state index is -0.625. The van der Waals surface area contributed by atoms with Crippen LogP contribution in [0.5, 0.6) is 0 Å². The number of hydrogen-bond donors (Lipinski definition) is 5. The minimum absolute atomic E-state index is 0.206. The van der Waals surface area contributed by atoms with Crippen molar-refractivity contribution in [1.29, 1.82) is 5.41 Å². The summed E-state index contributed by atoms with van der Waals surface area (Å²) >= 11 is 1.06. The van der Waals surface area contributed by atoms with Gasteiger partial charge in [-0.1, -0.05) is 12.1 Å². The summed E-state index contributed by atoms with van der Waals surface area (Å²) in [5.74, 6) is 0.310. The number of H-pyrrole nitrogens is 1. The van der Waals surface area contributed by atoms with E-state index in [2.05, 4.69) is 20.6 Å². The van der Waals surface area contributed by atoms with Gasteiger partial charge in [0.15, 0.2) is 5.16 Å². The summed E-state index contributed by atoms with van der Waals surface area (Å²) in [4.78, 5) is 33.0. The third kappa shape index (κ3) is 5.18. The number of hydrogen-bond acceptors (Lipinski definition) is 8. The van der Waals surface area contributed by atoms with Crippen molar-refractivity contribution in [2.45, 2.75) is 18.1 Å². The predicted molar refractivity (Wildman–Crippen MR) is 111 cm³/mol. The number of benzene rings is 1. The molecule has 1 aromatic heterocycles. The van der Waals surface area contributed by atoms with Gasteiger partial charge < -0.3 is 26.3 Å². The van der Waals surface area contributed by atoms with Crippen molar-refractivity contribution in [1.82, 2.24) is 15.3 Å². The van der Waals surface area contributed by atoms with E-state index in [1.807, 2.05) is 4.90 Å². The van der Waals surface area contributed by atoms with E-state index in [4.69, 9.17) is 11.1 Å². The number of rotatable bonds is 5. The molecule has 1 aliphatic heterocycles. The summed E-state index contributed by atoms with van der Waals surface area (Å²) in [6, 6.07) is 7.77. The summed E-state index contributed by atoms with van der Waals surface area (Å²) < 4.78 is 0. The first-order valence-corrected chi connectivity index (χ1v) is 9.74. The van der Waals surface area contributed by atoms with Crippen molar-refractivity contribution >= 4 is 34.2 Å². The Morgan fingerprint density at radius 2 is 2.11 bits per heavy atom. The summed E-state index contributed by atoms with van der Waals surface area (Å²) in [6.45, 7) is 4.84. The first-order chi connectivity index (χ1) is 13.4. The van der Waals surface area contributed by atoms with Gasteiger partial charge >= 0.3 is 0 Å². The highest BCUT2D eigenvalue weighted by molar-refractivity contribution is 8.14. The third-order valence-electron chi connectivity index (χ3n) is 4.15. The average molecular weight is 401 g/mol. The topological polar surface area (TPSA) is 140 Å². The van der Waals surface area contributed by atoms with Gasteiger partial charge in [-0.15, -0.1) is 0 Å². The largest absolute Gasteiger partial charge is 0.354 e. The Morgan fingerprint density at radius 3 is 2.82 bits per heavy atom. The maximum Gasteiger partial charge on any atom is 0.253 e. The van der Waals surface area contributed by atoms with Crippen LogP contribution < -0.4 is 26.8 Å². The highest BCUT2D eigenvalue weighted by Gasteiger charge is 2.15. The molecular formula is C18H23N7O2S. The van der Waals surface area contributed by atoms with E-state index in [1.165, 1.54) is 6.07 Å². The van der Waals surface area contributed by atoms with Crippen molar-refractivity contribution in [2.75, 3.05) is 36.4 Å². The molecule has 2 aromatic rings. The second-order valence-corrected chi connectivity index (χ2v) is 7.43. The van der Waals surface area contributed by atoms with Gasteiger partial charge in [-0.2, -0.15) is 0 Å². The molecule has 3 rings (SSSR count). The lowest BCUT2D eigenvalue weighted by atomic mass is 10.2. The van der Waals surface area contributed by atoms with Crippen LogP contribution in [0.15, 0.2) is 40.3 Å². The van der Waals surface area contributed by atoms with Crippen LogP contribution in [0.4, 0.5) is 11.5 Å². The number of carbonyl (C=O) groups is 1. The number of piperazine rings is 1. The van der Waals surface area contributed by atoms with Gasteiger partial charge in [0.2, 0.25) is 5.91 Å². The number of nitrogens with one attached hydrogen (secondary N) is 4. The lowest BCUT2D eigenvalue weighted by Gasteiger charge is -2.28. The SMILES string of the molecule is C[C@H](N)C(=O)Nc1cccc(C(=N)Sc2nc(N3CCNCC3)cc(=O)[nH]2)c1. The van der Waals surface area contributed by atoms with Crippen LogP contribution in [0, 0.1) is 5.41 Å². The summed E-state index contributed by atoms with van der Waals surface area (Å²) in [7, 11) is 0. The van der Waals surface area contributed by atoms with Gasteiger partial charge in [0.1, 0.15) is 10.9 Å². The highest BCUT2D eigenvalue weighted by Crippen LogP contribution is 2.22. The molecule has 1 amide bonds. The Kier molecular flexibility index (Phi) is 6.45. The normalized spacial score (nSPS) is 15.1. The standard InChI is InChI=1S/C18H23N7O2S/c1-11(19)17(27)22-13-4-2-3-12(9-13)16(20)28-18-23-14(10-15(26)24-18)25-7-5-21-6-8-25/h2-4,9-11,20-21H,5-8,19H2,1H3,(H,22,27)(H,23,24,26)/t11-/m0/s1. The molecule has 0 bridgehead atoms. The van der Waals surface area contributed by atoms with Crippen molar-refractivity contribution in [3.05, 3.63) is 46.2 Å². The van der Waals surface area contributed by atoms with Gasteiger partial charge in [-0.05, 0) is 30.8 Å². The minimum Gasteiger partial charge on any atom is -0.354 e. The summed E-state index contributed by atoms with van der Waals surface area (Å²) in [5, 5.41) is 14.9. The van der Waals surface area contributed by atoms with Gasteiger partial charge in [-0.25, -0.2) is 4.98 Å². The van der Waals surface area contributed by atoms with E-state index in [-0.39, 0.29) is 16.5 Å². The fourth-order valence-corrected chi connectivity index (χ4v) is 3.41. The van der Waals surface area contributed by atoms with Crippen LogP contribution >= 0.6 is 11.8 Å². The monoisotopic (exact) mass is 401 g/mol. The molecule has 1 aliphatic rings. The second kappa shape index (κ2) is 9.00. The van der Waals surface area contributed by atoms with E-state index >= 15 is 0 Å². The van der Waals surface area contributed by atoms with Crippen molar-refractivity contribution in [2.24, 2.45) is 5.73 Å². The third-order valence-corrected chi connectivity index (χ3v) is 4.98. The highest BCUT2D eigenvalue weighted by atomic mass is 32.2. The molecule has 9 nitrogen and oxygen atoms in total. The smallest absolute Gasteiger partial charge is 0.253 e. The molecule has 1 atom stereocenters. The molecule has 1 fully saturated rings. The number of thioether (sulfide) groups is 1. The quantitative estimate of drug-likeness (QED) is 0.214. The second-order valence-electron chi connectivity index (χ2n) is 6.44. The van der Waals surface area contributed by atoms with Crippen molar-refractivity contribution < 1.29 is 4.79 Å². The summed E-state index contributed by atoms with van der Waals surface area (Å²) in [5.41, 5.74) is 6.47. The molecular weight excluding hydrogens is 378 g/mol. The molecule has 1 aromatic carbocycles. The number of aromatic nitrogens is 2. The van der Waals surface area contributed by atoms with E-state index < -0.39 is 6.04 Å². The van der Waals surface area contributed by atoms with E-state index in [0.717, 1.165) is 37.9 Å². The zero-order chi connectivity index (χ0) is 20.1. The van der Waals surface area contributed by atoms with Crippen LogP contribution in [0.2, 0.25) is 0 Å². The number of carbonyl (C=O) groups excluding carboxylic acids is 1. The Morgan fingerprint density at radius 1 is 1.36 bits per heavy atom. The Bertz CT molecular complexity index is 922. The van der Waals surface area contributed by atoms with Crippen LogP contribution in [-0.2, 0) is 4.79 Å². The first kappa shape index (κ1) is 20.1. The van der Waals surface area contributed by atoms with Crippen LogP contribution in [0.25, 0.3) is 0 Å². The molecule has 0 spiro atoms. The van der Waals surface area contributed by atoms with Gasteiger partial charge in [0.05, 0.1) is 6.04 Å². The molecule has 0 radical (unpaired) electrons. The Hall–Kier alpha value is -2.69. The predicted octanol–water partition coefficient (Wildman–Crippen LogP) is 0.583. The zero-order valence-electron chi connectivity index (χ0n) is 15.5. The maximum atomic E-state index is 12.0. The fourth-order valence-electron chi connectivity index (χ4n) is 2.68. The molecule has 6 N–H and O–H groups in total. The fraction of sp³-hybridized carbons (Fsp3) is 0.333. The van der Waals surface area contributed by atoms with E-state index in [1.54, 1.807) is 31.2 Å². The number of amides is 1. The lowest BCUT2D eigenvalue weighted by Crippen LogP contribution is -2.44. The molecule has 28 heavy (non-hydrogen) atoms. The Labute approximate surface area is 166 Å². The van der Waals surface area contributed by atoms with Crippen molar-refractivity contribution in [3.8, 4) is 0 Å². The van der Waals surface area contributed by atoms with Crippen LogP contribution in [0.1, 0.15) is 12.5 Å². The van der Waals surface area contributed by atoms with Gasteiger partial charge in [0.25, 0.3) is 5.56 Å². The number of aromatic amines is 1. The Balaban J connectivity index is 1.75. The lowest BCUT2D eigenvalue weighted by molar-refractivity contribution is -0.117. The molecule has 0 aliphatic carbocycles. The molecule has 1 saturated heterocycles. The first-order valence-electron chi connectivity index (χ1n) is 8.92. The zero-order valence-corrected chi connectivity index (χ0v) is 16.3. The van der Waals surface area contributed by atoms with Gasteiger partial charge in [-0.3, -0.25) is 15.0 Å². The summed E-state index contributed by atoms with van der Waals surface area (Å²) in [6.07, 6.45) is 0. The maximum absolute atomic E-state index is 12.0. The average Bonchev–Trinajstić information content (AvgIpc) is 2.68. The van der Waals surface area contributed by atoms with Crippen LogP contribution in [-0.4, -0.2) is 53.1 Å². The number of nitrogens with two attached hydrogens (primary N) is 1.